The molecule has 0 bridgehead atoms. The first kappa shape index (κ1) is 22.4. The van der Waals surface area contributed by atoms with Crippen LogP contribution in [0.25, 0.3) is 0 Å². The molecule has 30 heavy (non-hydrogen) atoms. The lowest BCUT2D eigenvalue weighted by Crippen LogP contribution is -2.49. The summed E-state index contributed by atoms with van der Waals surface area (Å²) in [5.74, 6) is -0.153. The maximum Gasteiger partial charge on any atom is 0.254 e. The van der Waals surface area contributed by atoms with E-state index in [4.69, 9.17) is 4.74 Å². The summed E-state index contributed by atoms with van der Waals surface area (Å²) in [5.41, 5.74) is 2.15. The fourth-order valence-corrected chi connectivity index (χ4v) is 3.79. The third-order valence-corrected chi connectivity index (χ3v) is 5.66. The molecule has 0 unspecified atom stereocenters. The first-order valence-corrected chi connectivity index (χ1v) is 10.7. The van der Waals surface area contributed by atoms with Crippen LogP contribution in [-0.2, 0) is 22.5 Å². The van der Waals surface area contributed by atoms with E-state index >= 15 is 0 Å². The number of carbonyl (C=O) groups excluding carboxylic acids is 1. The van der Waals surface area contributed by atoms with Crippen molar-refractivity contribution in [3.8, 4) is 0 Å². The molecule has 1 fully saturated rings. The summed E-state index contributed by atoms with van der Waals surface area (Å²) in [4.78, 5) is 21.2. The quantitative estimate of drug-likeness (QED) is 0.687. The third-order valence-electron chi connectivity index (χ3n) is 5.66. The molecule has 1 N–H and O–H groups in total. The second-order valence-corrected chi connectivity index (χ2v) is 8.17. The Morgan fingerprint density at radius 3 is 2.60 bits per heavy atom. The molecule has 6 heteroatoms. The Hall–Kier alpha value is -2.28. The molecule has 1 amide bonds. The first-order valence-electron chi connectivity index (χ1n) is 10.7. The molecule has 2 heterocycles. The Kier molecular flexibility index (Phi) is 8.37. The highest BCUT2D eigenvalue weighted by atomic mass is 16.5. The van der Waals surface area contributed by atoms with Crippen LogP contribution in [0.1, 0.15) is 30.5 Å². The molecule has 1 aliphatic heterocycles. The lowest BCUT2D eigenvalue weighted by molar-refractivity contribution is -0.167. The maximum atomic E-state index is 12.9. The van der Waals surface area contributed by atoms with E-state index in [-0.39, 0.29) is 12.0 Å². The summed E-state index contributed by atoms with van der Waals surface area (Å²) in [7, 11) is 3.86. The van der Waals surface area contributed by atoms with E-state index in [1.54, 1.807) is 11.9 Å². The van der Waals surface area contributed by atoms with Gasteiger partial charge in [0.05, 0.1) is 12.2 Å². The summed E-state index contributed by atoms with van der Waals surface area (Å²) in [5, 5.41) is 10.4. The molecule has 1 saturated heterocycles. The maximum absolute atomic E-state index is 12.9. The van der Waals surface area contributed by atoms with Gasteiger partial charge in [0.2, 0.25) is 0 Å². The van der Waals surface area contributed by atoms with Crippen LogP contribution in [0.3, 0.4) is 0 Å². The molecule has 6 nitrogen and oxygen atoms in total. The second kappa shape index (κ2) is 11.2. The van der Waals surface area contributed by atoms with Gasteiger partial charge in [0.15, 0.2) is 6.10 Å². The molecular weight excluding hydrogens is 378 g/mol. The minimum absolute atomic E-state index is 0.00947. The number of ether oxygens (including phenoxy) is 1. The Morgan fingerprint density at radius 2 is 1.87 bits per heavy atom. The zero-order chi connectivity index (χ0) is 21.3. The van der Waals surface area contributed by atoms with Gasteiger partial charge in [-0.15, -0.1) is 0 Å². The van der Waals surface area contributed by atoms with Gasteiger partial charge in [0.1, 0.15) is 0 Å². The molecule has 1 aliphatic rings. The summed E-state index contributed by atoms with van der Waals surface area (Å²) < 4.78 is 6.05. The predicted octanol–water partition coefficient (Wildman–Crippen LogP) is 2.51. The van der Waals surface area contributed by atoms with Crippen LogP contribution in [0.15, 0.2) is 54.7 Å². The molecule has 162 valence electrons. The number of hydrogen-bond donors (Lipinski definition) is 1. The highest BCUT2D eigenvalue weighted by molar-refractivity contribution is 5.81. The molecular formula is C24H33N3O3. The number of carbonyl (C=O) groups is 1. The third kappa shape index (κ3) is 6.62. The lowest BCUT2D eigenvalue weighted by atomic mass is 9.98. The van der Waals surface area contributed by atoms with Gasteiger partial charge in [-0.2, -0.15) is 0 Å². The molecule has 3 rings (SSSR count). The highest BCUT2D eigenvalue weighted by Gasteiger charge is 2.36. The zero-order valence-corrected chi connectivity index (χ0v) is 18.0. The highest BCUT2D eigenvalue weighted by Crippen LogP contribution is 2.24. The van der Waals surface area contributed by atoms with Crippen LogP contribution in [0.4, 0.5) is 0 Å². The van der Waals surface area contributed by atoms with Crippen molar-refractivity contribution in [3.05, 3.63) is 66.0 Å². The number of benzene rings is 1. The number of aliphatic hydroxyl groups is 1. The first-order chi connectivity index (χ1) is 14.5. The summed E-state index contributed by atoms with van der Waals surface area (Å²) in [6.45, 7) is 2.32. The molecule has 0 aliphatic carbocycles. The minimum Gasteiger partial charge on any atom is -0.390 e. The van der Waals surface area contributed by atoms with Crippen LogP contribution in [0.2, 0.25) is 0 Å². The van der Waals surface area contributed by atoms with Crippen molar-refractivity contribution in [3.63, 3.8) is 0 Å². The van der Waals surface area contributed by atoms with Crippen molar-refractivity contribution < 1.29 is 14.6 Å². The monoisotopic (exact) mass is 411 g/mol. The van der Waals surface area contributed by atoms with Gasteiger partial charge in [-0.1, -0.05) is 36.4 Å². The number of hydrogen-bond acceptors (Lipinski definition) is 5. The Morgan fingerprint density at radius 1 is 1.10 bits per heavy atom. The van der Waals surface area contributed by atoms with E-state index in [9.17, 15) is 9.90 Å². The normalized spacial score (nSPS) is 21.5. The predicted molar refractivity (Wildman–Crippen MR) is 117 cm³/mol. The van der Waals surface area contributed by atoms with Crippen molar-refractivity contribution in [2.75, 3.05) is 27.2 Å². The Bertz CT molecular complexity index is 772. The number of aromatic nitrogens is 1. The van der Waals surface area contributed by atoms with Crippen molar-refractivity contribution in [2.24, 2.45) is 0 Å². The second-order valence-electron chi connectivity index (χ2n) is 8.17. The fourth-order valence-electron chi connectivity index (χ4n) is 3.79. The van der Waals surface area contributed by atoms with Gasteiger partial charge in [0.25, 0.3) is 5.91 Å². The largest absolute Gasteiger partial charge is 0.390 e. The van der Waals surface area contributed by atoms with E-state index in [0.717, 1.165) is 43.6 Å². The van der Waals surface area contributed by atoms with Gasteiger partial charge in [-0.05, 0) is 44.0 Å². The molecule has 0 radical (unpaired) electrons. The Balaban J connectivity index is 1.45. The van der Waals surface area contributed by atoms with E-state index < -0.39 is 12.2 Å². The van der Waals surface area contributed by atoms with Crippen LogP contribution in [0, 0.1) is 0 Å². The number of nitrogens with zero attached hydrogens (tertiary/aromatic N) is 3. The van der Waals surface area contributed by atoms with Crippen LogP contribution in [0.5, 0.6) is 0 Å². The molecule has 2 aromatic rings. The molecule has 1 aromatic carbocycles. The minimum atomic E-state index is -0.781. The molecule has 3 atom stereocenters. The zero-order valence-electron chi connectivity index (χ0n) is 18.0. The van der Waals surface area contributed by atoms with Gasteiger partial charge in [-0.25, -0.2) is 0 Å². The average Bonchev–Trinajstić information content (AvgIpc) is 2.78. The number of amides is 1. The van der Waals surface area contributed by atoms with Crippen LogP contribution < -0.4 is 0 Å². The standard InChI is InChI=1S/C24H33N3O3/c1-26(16-13-20-10-6-7-15-25-20)17-14-21-11-12-22(28)23(30-21)24(29)27(2)18-19-8-4-3-5-9-19/h3-10,15,21-23,28H,11-14,16-18H2,1-2H3/t21-,22+,23+/m1/s1. The average molecular weight is 412 g/mol. The van der Waals surface area contributed by atoms with Gasteiger partial charge < -0.3 is 19.6 Å². The van der Waals surface area contributed by atoms with Crippen molar-refractivity contribution in [1.29, 1.82) is 0 Å². The molecule has 0 spiro atoms. The van der Waals surface area contributed by atoms with E-state index in [1.807, 2.05) is 54.7 Å². The lowest BCUT2D eigenvalue weighted by Gasteiger charge is -2.35. The summed E-state index contributed by atoms with van der Waals surface area (Å²) >= 11 is 0. The van der Waals surface area contributed by atoms with Crippen LogP contribution >= 0.6 is 0 Å². The van der Waals surface area contributed by atoms with Crippen molar-refractivity contribution in [2.45, 2.75) is 50.5 Å². The number of aliphatic hydroxyl groups excluding tert-OH is 1. The van der Waals surface area contributed by atoms with E-state index in [1.165, 1.54) is 0 Å². The van der Waals surface area contributed by atoms with Crippen molar-refractivity contribution >= 4 is 5.91 Å². The smallest absolute Gasteiger partial charge is 0.254 e. The van der Waals surface area contributed by atoms with Crippen LogP contribution in [-0.4, -0.2) is 71.3 Å². The van der Waals surface area contributed by atoms with E-state index in [2.05, 4.69) is 16.9 Å². The molecule has 0 saturated carbocycles. The number of likely N-dealkylation sites (N-methyl/N-ethyl adjacent to an activating group) is 2. The van der Waals surface area contributed by atoms with Crippen molar-refractivity contribution in [1.82, 2.24) is 14.8 Å². The van der Waals surface area contributed by atoms with Gasteiger partial charge in [-0.3, -0.25) is 9.78 Å². The Labute approximate surface area is 179 Å². The van der Waals surface area contributed by atoms with Gasteiger partial charge in [0, 0.05) is 45.0 Å². The fraction of sp³-hybridized carbons (Fsp3) is 0.500. The number of rotatable bonds is 9. The molecule has 1 aromatic heterocycles. The number of pyridine rings is 1. The SMILES string of the molecule is CN(CCc1ccccn1)CC[C@H]1CC[C@H](O)[C@@H](C(=O)N(C)Cc2ccccc2)O1. The summed E-state index contributed by atoms with van der Waals surface area (Å²) in [6.07, 6.45) is 3.42. The summed E-state index contributed by atoms with van der Waals surface area (Å²) in [6, 6.07) is 15.8. The van der Waals surface area contributed by atoms with E-state index in [0.29, 0.717) is 13.0 Å². The van der Waals surface area contributed by atoms with Gasteiger partial charge >= 0.3 is 0 Å². The topological polar surface area (TPSA) is 65.9 Å².